The molecule has 0 fully saturated rings. The molecule has 0 aliphatic rings. The molecule has 122 valence electrons. The van der Waals surface area contributed by atoms with Crippen LogP contribution in [0.5, 0.6) is 11.5 Å². The average molecular weight is 330 g/mol. The molecule has 0 saturated heterocycles. The smallest absolute Gasteiger partial charge is 0.169 e. The number of hydrogen-bond donors (Lipinski definition) is 1. The van der Waals surface area contributed by atoms with Crippen LogP contribution in [0.4, 0.5) is 0 Å². The lowest BCUT2D eigenvalue weighted by Gasteiger charge is -2.22. The van der Waals surface area contributed by atoms with Gasteiger partial charge in [-0.25, -0.2) is 0 Å². The third kappa shape index (κ3) is 4.86. The second kappa shape index (κ2) is 8.39. The number of nitrogens with zero attached hydrogens (tertiary/aromatic N) is 1. The molecule has 0 heterocycles. The fraction of sp³-hybridized carbons (Fsp3) is 0.278. The van der Waals surface area contributed by atoms with Crippen molar-refractivity contribution in [2.45, 2.75) is 13.1 Å². The molecule has 5 heteroatoms. The summed E-state index contributed by atoms with van der Waals surface area (Å²) in [5.41, 5.74) is 2.25. The molecule has 0 amide bonds. The molecule has 0 aliphatic carbocycles. The van der Waals surface area contributed by atoms with Gasteiger partial charge in [0.1, 0.15) is 11.5 Å². The number of methoxy groups -OCH3 is 2. The van der Waals surface area contributed by atoms with Crippen molar-refractivity contribution >= 4 is 17.3 Å². The normalized spacial score (nSPS) is 10.0. The number of hydrogen-bond acceptors (Lipinski definition) is 3. The van der Waals surface area contributed by atoms with Crippen LogP contribution in [0.15, 0.2) is 48.5 Å². The molecule has 1 N–H and O–H groups in total. The van der Waals surface area contributed by atoms with Crippen LogP contribution in [0.3, 0.4) is 0 Å². The van der Waals surface area contributed by atoms with Crippen molar-refractivity contribution in [1.82, 2.24) is 10.2 Å². The first-order chi connectivity index (χ1) is 11.1. The highest BCUT2D eigenvalue weighted by Gasteiger charge is 2.10. The Hall–Kier alpha value is -2.27. The van der Waals surface area contributed by atoms with Gasteiger partial charge in [0.15, 0.2) is 5.11 Å². The molecule has 23 heavy (non-hydrogen) atoms. The summed E-state index contributed by atoms with van der Waals surface area (Å²) in [5.74, 6) is 1.57. The van der Waals surface area contributed by atoms with Gasteiger partial charge in [0.05, 0.1) is 14.2 Å². The maximum absolute atomic E-state index is 5.45. The third-order valence-corrected chi connectivity index (χ3v) is 3.99. The first-order valence-electron chi connectivity index (χ1n) is 7.38. The predicted octanol–water partition coefficient (Wildman–Crippen LogP) is 3.21. The summed E-state index contributed by atoms with van der Waals surface area (Å²) in [5, 5.41) is 3.97. The van der Waals surface area contributed by atoms with Crippen LogP contribution >= 0.6 is 12.2 Å². The minimum absolute atomic E-state index is 0.661. The second-order valence-corrected chi connectivity index (χ2v) is 5.56. The molecule has 0 saturated carbocycles. The van der Waals surface area contributed by atoms with Crippen LogP contribution in [-0.4, -0.2) is 31.3 Å². The van der Waals surface area contributed by atoms with Crippen molar-refractivity contribution < 1.29 is 9.47 Å². The van der Waals surface area contributed by atoms with Gasteiger partial charge < -0.3 is 19.7 Å². The van der Waals surface area contributed by atoms with E-state index >= 15 is 0 Å². The zero-order chi connectivity index (χ0) is 16.7. The molecule has 0 radical (unpaired) electrons. The molecule has 0 unspecified atom stereocenters. The van der Waals surface area contributed by atoms with E-state index < -0.39 is 0 Å². The van der Waals surface area contributed by atoms with Crippen molar-refractivity contribution in [3.05, 3.63) is 59.7 Å². The zero-order valence-corrected chi connectivity index (χ0v) is 14.5. The summed E-state index contributed by atoms with van der Waals surface area (Å²) >= 11 is 5.45. The molecular formula is C18H22N2O2S. The van der Waals surface area contributed by atoms with Crippen LogP contribution < -0.4 is 14.8 Å². The van der Waals surface area contributed by atoms with E-state index in [1.54, 1.807) is 14.2 Å². The molecule has 2 rings (SSSR count). The summed E-state index contributed by atoms with van der Waals surface area (Å²) in [7, 11) is 5.26. The zero-order valence-electron chi connectivity index (χ0n) is 13.7. The predicted molar refractivity (Wildman–Crippen MR) is 96.9 cm³/mol. The highest BCUT2D eigenvalue weighted by atomic mass is 32.1. The van der Waals surface area contributed by atoms with Gasteiger partial charge in [-0.2, -0.15) is 0 Å². The van der Waals surface area contributed by atoms with E-state index in [-0.39, 0.29) is 0 Å². The Morgan fingerprint density at radius 3 is 2.48 bits per heavy atom. The van der Waals surface area contributed by atoms with Crippen molar-refractivity contribution in [2.24, 2.45) is 0 Å². The van der Waals surface area contributed by atoms with E-state index in [9.17, 15) is 0 Å². The number of rotatable bonds is 6. The molecule has 4 nitrogen and oxygen atoms in total. The Balaban J connectivity index is 1.95. The van der Waals surface area contributed by atoms with Crippen LogP contribution in [0, 0.1) is 0 Å². The summed E-state index contributed by atoms with van der Waals surface area (Å²) in [6.45, 7) is 1.37. The van der Waals surface area contributed by atoms with E-state index in [4.69, 9.17) is 21.7 Å². The molecule has 0 bridgehead atoms. The fourth-order valence-electron chi connectivity index (χ4n) is 2.22. The van der Waals surface area contributed by atoms with Gasteiger partial charge in [-0.05, 0) is 29.9 Å². The Morgan fingerprint density at radius 1 is 1.09 bits per heavy atom. The largest absolute Gasteiger partial charge is 0.497 e. The molecule has 2 aromatic rings. The van der Waals surface area contributed by atoms with E-state index in [0.29, 0.717) is 18.2 Å². The average Bonchev–Trinajstić information content (AvgIpc) is 2.60. The Morgan fingerprint density at radius 2 is 1.83 bits per heavy atom. The van der Waals surface area contributed by atoms with Crippen LogP contribution in [-0.2, 0) is 13.1 Å². The first kappa shape index (κ1) is 17.1. The third-order valence-electron chi connectivity index (χ3n) is 3.54. The lowest BCUT2D eigenvalue weighted by atomic mass is 10.2. The van der Waals surface area contributed by atoms with Gasteiger partial charge in [0.2, 0.25) is 0 Å². The second-order valence-electron chi connectivity index (χ2n) is 5.18. The van der Waals surface area contributed by atoms with Gasteiger partial charge >= 0.3 is 0 Å². The lowest BCUT2D eigenvalue weighted by molar-refractivity contribution is 0.383. The fourth-order valence-corrected chi connectivity index (χ4v) is 2.36. The maximum atomic E-state index is 5.45. The Labute approximate surface area is 143 Å². The van der Waals surface area contributed by atoms with E-state index in [1.807, 2.05) is 48.3 Å². The van der Waals surface area contributed by atoms with Gasteiger partial charge in [-0.1, -0.05) is 30.3 Å². The van der Waals surface area contributed by atoms with Crippen molar-refractivity contribution in [3.8, 4) is 11.5 Å². The maximum Gasteiger partial charge on any atom is 0.169 e. The van der Waals surface area contributed by atoms with Gasteiger partial charge in [-0.3, -0.25) is 0 Å². The summed E-state index contributed by atoms with van der Waals surface area (Å²) in [6, 6.07) is 16.0. The highest BCUT2D eigenvalue weighted by molar-refractivity contribution is 7.80. The molecular weight excluding hydrogens is 308 g/mol. The molecule has 0 spiro atoms. The van der Waals surface area contributed by atoms with E-state index in [1.165, 1.54) is 5.56 Å². The summed E-state index contributed by atoms with van der Waals surface area (Å²) < 4.78 is 10.6. The van der Waals surface area contributed by atoms with Gasteiger partial charge in [0.25, 0.3) is 0 Å². The molecule has 0 aromatic heterocycles. The first-order valence-corrected chi connectivity index (χ1v) is 7.78. The molecule has 0 atom stereocenters. The lowest BCUT2D eigenvalue weighted by Crippen LogP contribution is -2.36. The van der Waals surface area contributed by atoms with Crippen molar-refractivity contribution in [1.29, 1.82) is 0 Å². The molecule has 0 aliphatic heterocycles. The minimum Gasteiger partial charge on any atom is -0.497 e. The monoisotopic (exact) mass is 330 g/mol. The van der Waals surface area contributed by atoms with E-state index in [0.717, 1.165) is 17.1 Å². The van der Waals surface area contributed by atoms with Crippen LogP contribution in [0.2, 0.25) is 0 Å². The van der Waals surface area contributed by atoms with Gasteiger partial charge in [0, 0.05) is 31.8 Å². The number of ether oxygens (including phenoxy) is 2. The number of benzene rings is 2. The van der Waals surface area contributed by atoms with Crippen LogP contribution in [0.25, 0.3) is 0 Å². The van der Waals surface area contributed by atoms with E-state index in [2.05, 4.69) is 17.4 Å². The van der Waals surface area contributed by atoms with Crippen molar-refractivity contribution in [3.63, 3.8) is 0 Å². The van der Waals surface area contributed by atoms with Gasteiger partial charge in [-0.15, -0.1) is 0 Å². The quantitative estimate of drug-likeness (QED) is 0.823. The Kier molecular flexibility index (Phi) is 6.23. The summed E-state index contributed by atoms with van der Waals surface area (Å²) in [4.78, 5) is 1.99. The topological polar surface area (TPSA) is 33.7 Å². The van der Waals surface area contributed by atoms with Crippen molar-refractivity contribution in [2.75, 3.05) is 21.3 Å². The van der Waals surface area contributed by atoms with Crippen LogP contribution in [0.1, 0.15) is 11.1 Å². The molecule has 2 aromatic carbocycles. The summed E-state index contributed by atoms with van der Waals surface area (Å²) in [6.07, 6.45) is 0. The number of nitrogens with one attached hydrogen (secondary N) is 1. The Bertz CT molecular complexity index is 647. The SMILES string of the molecule is COc1ccc(CN(C)C(=S)NCc2ccccc2)c(OC)c1. The highest BCUT2D eigenvalue weighted by Crippen LogP contribution is 2.25. The number of thiocarbonyl (C=S) groups is 1. The minimum atomic E-state index is 0.661. The standard InChI is InChI=1S/C18H22N2O2S/c1-20(18(23)19-12-14-7-5-4-6-8-14)13-15-9-10-16(21-2)11-17(15)22-3/h4-11H,12-13H2,1-3H3,(H,19,23).